The van der Waals surface area contributed by atoms with Gasteiger partial charge in [-0.25, -0.2) is 0 Å². The van der Waals surface area contributed by atoms with Crippen molar-refractivity contribution in [2.45, 2.75) is 25.8 Å². The van der Waals surface area contributed by atoms with E-state index in [4.69, 9.17) is 5.73 Å². The van der Waals surface area contributed by atoms with Crippen LogP contribution in [0.2, 0.25) is 0 Å². The third kappa shape index (κ3) is 6.05. The topological polar surface area (TPSA) is 75.4 Å². The van der Waals surface area contributed by atoms with Crippen molar-refractivity contribution < 1.29 is 9.59 Å². The molecule has 1 saturated heterocycles. The van der Waals surface area contributed by atoms with Crippen molar-refractivity contribution in [3.05, 3.63) is 71.8 Å². The van der Waals surface area contributed by atoms with Crippen LogP contribution in [0.15, 0.2) is 60.7 Å². The van der Waals surface area contributed by atoms with Crippen molar-refractivity contribution in [3.8, 4) is 0 Å². The number of carbonyl (C=O) groups is 2. The van der Waals surface area contributed by atoms with E-state index < -0.39 is 0 Å². The van der Waals surface area contributed by atoms with Crippen LogP contribution in [0.3, 0.4) is 0 Å². The Bertz CT molecular complexity index is 785. The summed E-state index contributed by atoms with van der Waals surface area (Å²) in [5.74, 6) is 0.0181. The van der Waals surface area contributed by atoms with E-state index in [1.807, 2.05) is 60.4 Å². The van der Waals surface area contributed by atoms with Gasteiger partial charge in [0.25, 0.3) is 5.91 Å². The smallest absolute Gasteiger partial charge is 0.251 e. The first kappa shape index (κ1) is 22.9. The third-order valence-corrected chi connectivity index (χ3v) is 5.53. The lowest BCUT2D eigenvalue weighted by molar-refractivity contribution is -0.137. The Labute approximate surface area is 179 Å². The zero-order valence-corrected chi connectivity index (χ0v) is 17.6. The number of rotatable bonds is 6. The predicted molar refractivity (Wildman–Crippen MR) is 118 cm³/mol. The number of amides is 2. The van der Waals surface area contributed by atoms with Crippen molar-refractivity contribution >= 4 is 24.2 Å². The Morgan fingerprint density at radius 1 is 1.10 bits per heavy atom. The molecule has 3 unspecified atom stereocenters. The van der Waals surface area contributed by atoms with Gasteiger partial charge in [-0.3, -0.25) is 9.59 Å². The summed E-state index contributed by atoms with van der Waals surface area (Å²) in [7, 11) is 0. The standard InChI is InChI=1S/C23H29N3O2.ClH/c1-17(21(24)19-10-4-2-5-11-19)23(28)26-14-8-9-18(16-26)15-25-22(27)20-12-6-3-7-13-20;/h2-7,10-13,17-18,21H,8-9,14-16,24H2,1H3,(H,25,27);1H. The van der Waals surface area contributed by atoms with Crippen molar-refractivity contribution in [2.24, 2.45) is 17.6 Å². The van der Waals surface area contributed by atoms with Gasteiger partial charge in [-0.2, -0.15) is 0 Å². The van der Waals surface area contributed by atoms with Crippen LogP contribution in [0.5, 0.6) is 0 Å². The zero-order chi connectivity index (χ0) is 19.9. The molecule has 3 N–H and O–H groups in total. The van der Waals surface area contributed by atoms with Gasteiger partial charge in [0.15, 0.2) is 0 Å². The first-order valence-electron chi connectivity index (χ1n) is 9.99. The summed E-state index contributed by atoms with van der Waals surface area (Å²) in [6.07, 6.45) is 1.96. The number of nitrogens with zero attached hydrogens (tertiary/aromatic N) is 1. The average Bonchev–Trinajstić information content (AvgIpc) is 2.77. The van der Waals surface area contributed by atoms with Crippen LogP contribution < -0.4 is 11.1 Å². The molecule has 1 aliphatic heterocycles. The molecule has 1 aliphatic rings. The van der Waals surface area contributed by atoms with E-state index in [1.54, 1.807) is 12.1 Å². The quantitative estimate of drug-likeness (QED) is 0.759. The van der Waals surface area contributed by atoms with E-state index in [9.17, 15) is 9.59 Å². The van der Waals surface area contributed by atoms with Gasteiger partial charge in [-0.05, 0) is 36.5 Å². The fraction of sp³-hybridized carbons (Fsp3) is 0.391. The maximum Gasteiger partial charge on any atom is 0.251 e. The zero-order valence-electron chi connectivity index (χ0n) is 16.8. The number of benzene rings is 2. The minimum Gasteiger partial charge on any atom is -0.352 e. The van der Waals surface area contributed by atoms with Crippen molar-refractivity contribution in [2.75, 3.05) is 19.6 Å². The van der Waals surface area contributed by atoms with Gasteiger partial charge in [-0.15, -0.1) is 12.4 Å². The number of halogens is 1. The highest BCUT2D eigenvalue weighted by molar-refractivity contribution is 5.94. The minimum atomic E-state index is -0.313. The van der Waals surface area contributed by atoms with E-state index in [-0.39, 0.29) is 42.1 Å². The summed E-state index contributed by atoms with van der Waals surface area (Å²) in [4.78, 5) is 27.1. The summed E-state index contributed by atoms with van der Waals surface area (Å²) in [5, 5.41) is 3.00. The molecule has 0 saturated carbocycles. The number of hydrogen-bond donors (Lipinski definition) is 2. The predicted octanol–water partition coefficient (Wildman–Crippen LogP) is 3.41. The molecule has 5 nitrogen and oxygen atoms in total. The summed E-state index contributed by atoms with van der Waals surface area (Å²) < 4.78 is 0. The van der Waals surface area contributed by atoms with Crippen molar-refractivity contribution in [1.82, 2.24) is 10.2 Å². The fourth-order valence-electron chi connectivity index (χ4n) is 3.77. The fourth-order valence-corrected chi connectivity index (χ4v) is 3.77. The van der Waals surface area contributed by atoms with E-state index in [1.165, 1.54) is 0 Å². The molecule has 2 aromatic rings. The number of likely N-dealkylation sites (tertiary alicyclic amines) is 1. The highest BCUT2D eigenvalue weighted by Crippen LogP contribution is 2.24. The molecule has 1 heterocycles. The van der Waals surface area contributed by atoms with Crippen LogP contribution in [0.1, 0.15) is 41.7 Å². The summed E-state index contributed by atoms with van der Waals surface area (Å²) >= 11 is 0. The largest absolute Gasteiger partial charge is 0.352 e. The molecular formula is C23H30ClN3O2. The first-order chi connectivity index (χ1) is 13.6. The molecule has 0 bridgehead atoms. The minimum absolute atomic E-state index is 0. The van der Waals surface area contributed by atoms with Crippen LogP contribution >= 0.6 is 12.4 Å². The Kier molecular flexibility index (Phi) is 8.68. The second-order valence-corrected chi connectivity index (χ2v) is 7.59. The van der Waals surface area contributed by atoms with Gasteiger partial charge in [0, 0.05) is 31.2 Å². The molecule has 0 aromatic heterocycles. The third-order valence-electron chi connectivity index (χ3n) is 5.53. The van der Waals surface area contributed by atoms with Gasteiger partial charge in [0.05, 0.1) is 5.92 Å². The van der Waals surface area contributed by atoms with Gasteiger partial charge in [0.1, 0.15) is 0 Å². The molecule has 0 spiro atoms. The van der Waals surface area contributed by atoms with Gasteiger partial charge in [-0.1, -0.05) is 55.5 Å². The molecule has 6 heteroatoms. The van der Waals surface area contributed by atoms with Crippen molar-refractivity contribution in [1.29, 1.82) is 0 Å². The number of carbonyl (C=O) groups excluding carboxylic acids is 2. The van der Waals surface area contributed by atoms with Crippen LogP contribution in [0.25, 0.3) is 0 Å². The lowest BCUT2D eigenvalue weighted by Crippen LogP contribution is -2.47. The lowest BCUT2D eigenvalue weighted by Gasteiger charge is -2.35. The molecule has 3 atom stereocenters. The van der Waals surface area contributed by atoms with Crippen LogP contribution in [0, 0.1) is 11.8 Å². The Balaban J connectivity index is 0.00000300. The maximum atomic E-state index is 13.0. The van der Waals surface area contributed by atoms with Gasteiger partial charge >= 0.3 is 0 Å². The van der Waals surface area contributed by atoms with E-state index >= 15 is 0 Å². The number of piperidine rings is 1. The number of hydrogen-bond acceptors (Lipinski definition) is 3. The highest BCUT2D eigenvalue weighted by Gasteiger charge is 2.30. The average molecular weight is 416 g/mol. The van der Waals surface area contributed by atoms with Crippen LogP contribution in [0.4, 0.5) is 0 Å². The Hall–Kier alpha value is -2.37. The first-order valence-corrected chi connectivity index (χ1v) is 9.99. The van der Waals surface area contributed by atoms with Crippen molar-refractivity contribution in [3.63, 3.8) is 0 Å². The number of nitrogens with one attached hydrogen (secondary N) is 1. The van der Waals surface area contributed by atoms with E-state index in [2.05, 4.69) is 5.32 Å². The Morgan fingerprint density at radius 3 is 2.38 bits per heavy atom. The summed E-state index contributed by atoms with van der Waals surface area (Å²) in [6, 6.07) is 18.7. The second-order valence-electron chi connectivity index (χ2n) is 7.59. The molecule has 156 valence electrons. The van der Waals surface area contributed by atoms with Gasteiger partial charge < -0.3 is 16.0 Å². The maximum absolute atomic E-state index is 13.0. The molecule has 2 aromatic carbocycles. The SMILES string of the molecule is CC(C(=O)N1CCCC(CNC(=O)c2ccccc2)C1)C(N)c1ccccc1.Cl. The number of nitrogens with two attached hydrogens (primary N) is 1. The summed E-state index contributed by atoms with van der Waals surface area (Å²) in [5.41, 5.74) is 7.98. The molecule has 0 aliphatic carbocycles. The van der Waals surface area contributed by atoms with Gasteiger partial charge in [0.2, 0.25) is 5.91 Å². The molecule has 1 fully saturated rings. The van der Waals surface area contributed by atoms with Crippen LogP contribution in [-0.2, 0) is 4.79 Å². The van der Waals surface area contributed by atoms with E-state index in [0.717, 1.165) is 24.9 Å². The molecule has 3 rings (SSSR count). The molecule has 2 amide bonds. The molecule has 29 heavy (non-hydrogen) atoms. The lowest BCUT2D eigenvalue weighted by atomic mass is 9.91. The normalized spacial score (nSPS) is 18.3. The highest BCUT2D eigenvalue weighted by atomic mass is 35.5. The van der Waals surface area contributed by atoms with E-state index in [0.29, 0.717) is 18.7 Å². The second kappa shape index (κ2) is 11.0. The summed E-state index contributed by atoms with van der Waals surface area (Å²) in [6.45, 7) is 3.91. The molecular weight excluding hydrogens is 386 g/mol. The molecule has 0 radical (unpaired) electrons. The monoisotopic (exact) mass is 415 g/mol. The van der Waals surface area contributed by atoms with Crippen LogP contribution in [-0.4, -0.2) is 36.3 Å². The Morgan fingerprint density at radius 2 is 1.72 bits per heavy atom.